The van der Waals surface area contributed by atoms with Gasteiger partial charge in [-0.05, 0) is 211 Å². The van der Waals surface area contributed by atoms with Crippen molar-refractivity contribution in [3.63, 3.8) is 0 Å². The quantitative estimate of drug-likeness (QED) is 0.0241. The summed E-state index contributed by atoms with van der Waals surface area (Å²) in [7, 11) is 0. The molecule has 3 aromatic rings. The number of carboxylic acids is 3. The molecule has 630 valence electrons. The van der Waals surface area contributed by atoms with E-state index in [1.165, 1.54) is 180 Å². The molecule has 0 bridgehead atoms. The standard InChI is InChI=1S/C28H50N8O2.2C27H48N8O2/c29-25-19-26(36-17-15-35(16-18-36)14-11-27(37)38)34-28(33-25)32-21-23-9-7-22(8-10-23)20-30-12-4-13-31-24-5-2-1-3-6-24;28-24-19-25(35-17-15-34(16-18-35)14-11-26(36)37)33-27(32-24)31-20-21-7-9-23(10-8-21)30-13-4-12-29-22-5-2-1-3-6-22;28-24-19-25(35-17-15-34(16-18-35)14-11-26(36)37)33-27(32-24)31-23-9-7-21(8-10-23)20-29-12-4-13-30-22-5-2-1-3-6-22/h19,22-24,30-31H,1-18,20-21H2,(H,37,38)(H3,29,32,33,34);2*19,21-23,29-30H,1-18,20H2,(H,36,37)(H3,28,31,32,33). The maximum absolute atomic E-state index is 10.8. The highest BCUT2D eigenvalue weighted by molar-refractivity contribution is 5.67. The van der Waals surface area contributed by atoms with Gasteiger partial charge in [0.25, 0.3) is 0 Å². The second-order valence-electron chi connectivity index (χ2n) is 33.9. The Labute approximate surface area is 669 Å². The summed E-state index contributed by atoms with van der Waals surface area (Å²) in [5.74, 6) is 6.42. The topological polar surface area (TPSA) is 395 Å². The lowest BCUT2D eigenvalue weighted by molar-refractivity contribution is -0.138. The molecule has 0 unspecified atom stereocenters. The molecule has 0 atom stereocenters. The number of nitrogens with one attached hydrogen (secondary N) is 9. The van der Waals surface area contributed by atoms with Crippen LogP contribution in [0.15, 0.2) is 18.2 Å². The number of carbonyl (C=O) groups is 3. The van der Waals surface area contributed by atoms with Crippen molar-refractivity contribution >= 4 is 70.7 Å². The Hall–Kier alpha value is -6.51. The molecule has 9 aliphatic rings. The predicted molar refractivity (Wildman–Crippen MR) is 452 cm³/mol. The summed E-state index contributed by atoms with van der Waals surface area (Å²) < 4.78 is 0. The Balaban J connectivity index is 0.000000178. The minimum absolute atomic E-state index is 0.185. The molecule has 3 saturated heterocycles. The van der Waals surface area contributed by atoms with Crippen molar-refractivity contribution in [2.24, 2.45) is 23.7 Å². The molecule has 9 fully saturated rings. The number of rotatable bonds is 40. The zero-order valence-electron chi connectivity index (χ0n) is 68.1. The van der Waals surface area contributed by atoms with Crippen LogP contribution in [-0.2, 0) is 14.4 Å². The van der Waals surface area contributed by atoms with Crippen LogP contribution in [0, 0.1) is 23.7 Å². The molecular weight excluding hydrogens is 1420 g/mol. The van der Waals surface area contributed by atoms with E-state index in [2.05, 4.69) is 92.2 Å². The molecule has 18 N–H and O–H groups in total. The van der Waals surface area contributed by atoms with Gasteiger partial charge >= 0.3 is 17.9 Å². The second-order valence-corrected chi connectivity index (χ2v) is 33.9. The smallest absolute Gasteiger partial charge is 0.304 e. The fourth-order valence-electron chi connectivity index (χ4n) is 18.1. The Morgan fingerprint density at radius 3 is 0.938 bits per heavy atom. The first-order valence-corrected chi connectivity index (χ1v) is 44.2. The lowest BCUT2D eigenvalue weighted by Crippen LogP contribution is -2.47. The molecule has 3 aliphatic heterocycles. The van der Waals surface area contributed by atoms with E-state index in [0.29, 0.717) is 78.9 Å². The van der Waals surface area contributed by atoms with Crippen molar-refractivity contribution in [2.75, 3.05) is 211 Å². The van der Waals surface area contributed by atoms with Crippen molar-refractivity contribution in [3.05, 3.63) is 18.2 Å². The average Bonchev–Trinajstić information content (AvgIpc) is 0.835. The van der Waals surface area contributed by atoms with Crippen molar-refractivity contribution in [1.82, 2.24) is 76.5 Å². The van der Waals surface area contributed by atoms with Crippen LogP contribution < -0.4 is 79.8 Å². The van der Waals surface area contributed by atoms with E-state index >= 15 is 0 Å². The first kappa shape index (κ1) is 87.9. The summed E-state index contributed by atoms with van der Waals surface area (Å²) in [6.07, 6.45) is 39.7. The molecule has 6 heterocycles. The zero-order chi connectivity index (χ0) is 78.3. The molecule has 30 heteroatoms. The van der Waals surface area contributed by atoms with Crippen LogP contribution in [0.4, 0.5) is 52.8 Å². The van der Waals surface area contributed by atoms with Crippen molar-refractivity contribution in [1.29, 1.82) is 0 Å². The van der Waals surface area contributed by atoms with Crippen LogP contribution in [-0.4, -0.2) is 272 Å². The lowest BCUT2D eigenvalue weighted by atomic mass is 9.82. The number of hydrogen-bond donors (Lipinski definition) is 15. The number of nitrogens with zero attached hydrogens (tertiary/aromatic N) is 12. The number of carboxylic acid groups (broad SMARTS) is 3. The van der Waals surface area contributed by atoms with E-state index in [4.69, 9.17) is 47.5 Å². The first-order chi connectivity index (χ1) is 54.6. The van der Waals surface area contributed by atoms with Crippen LogP contribution in [0.25, 0.3) is 0 Å². The molecule has 0 aromatic carbocycles. The summed E-state index contributed by atoms with van der Waals surface area (Å²) in [4.78, 5) is 73.3. The summed E-state index contributed by atoms with van der Waals surface area (Å²) in [5.41, 5.74) is 18.3. The van der Waals surface area contributed by atoms with E-state index in [0.717, 1.165) is 204 Å². The third-order valence-electron chi connectivity index (χ3n) is 25.1. The van der Waals surface area contributed by atoms with Gasteiger partial charge < -0.3 is 95.1 Å². The van der Waals surface area contributed by atoms with Gasteiger partial charge in [-0.3, -0.25) is 29.1 Å². The van der Waals surface area contributed by atoms with Crippen LogP contribution in [0.3, 0.4) is 0 Å². The van der Waals surface area contributed by atoms with Crippen LogP contribution in [0.5, 0.6) is 0 Å². The molecule has 0 radical (unpaired) electrons. The normalized spacial score (nSPS) is 23.6. The Kier molecular flexibility index (Phi) is 38.8. The van der Waals surface area contributed by atoms with E-state index in [9.17, 15) is 14.4 Å². The monoisotopic (exact) mass is 1560 g/mol. The third-order valence-corrected chi connectivity index (χ3v) is 25.1. The highest BCUT2D eigenvalue weighted by Gasteiger charge is 2.29. The molecule has 0 amide bonds. The van der Waals surface area contributed by atoms with E-state index in [1.807, 2.05) is 18.2 Å². The van der Waals surface area contributed by atoms with Gasteiger partial charge in [0.15, 0.2) is 0 Å². The Morgan fingerprint density at radius 1 is 0.330 bits per heavy atom. The average molecular weight is 1560 g/mol. The lowest BCUT2D eigenvalue weighted by Gasteiger charge is -2.35. The number of nitrogen functional groups attached to an aromatic ring is 3. The van der Waals surface area contributed by atoms with Gasteiger partial charge in [0.2, 0.25) is 17.8 Å². The molecule has 112 heavy (non-hydrogen) atoms. The van der Waals surface area contributed by atoms with Gasteiger partial charge in [0, 0.05) is 160 Å². The maximum atomic E-state index is 10.8. The number of anilines is 9. The molecule has 12 rings (SSSR count). The highest BCUT2D eigenvalue weighted by atomic mass is 16.4. The molecule has 3 aromatic heterocycles. The summed E-state index contributed by atoms with van der Waals surface area (Å²) >= 11 is 0. The summed E-state index contributed by atoms with van der Waals surface area (Å²) in [5, 5.41) is 59.6. The second kappa shape index (κ2) is 49.4. The number of nitrogens with two attached hydrogens (primary N) is 3. The van der Waals surface area contributed by atoms with E-state index < -0.39 is 17.9 Å². The van der Waals surface area contributed by atoms with Crippen molar-refractivity contribution < 1.29 is 29.7 Å². The zero-order valence-corrected chi connectivity index (χ0v) is 68.1. The molecular formula is C82H146N24O6. The fraction of sp³-hybridized carbons (Fsp3) is 0.817. The largest absolute Gasteiger partial charge is 0.481 e. The molecule has 6 saturated carbocycles. The Bertz CT molecular complexity index is 3120. The van der Waals surface area contributed by atoms with Crippen LogP contribution >= 0.6 is 0 Å². The van der Waals surface area contributed by atoms with E-state index in [-0.39, 0.29) is 19.3 Å². The van der Waals surface area contributed by atoms with Gasteiger partial charge in [-0.25, -0.2) is 0 Å². The fourth-order valence-corrected chi connectivity index (χ4v) is 18.1. The third kappa shape index (κ3) is 33.4. The molecule has 0 spiro atoms. The number of aromatic nitrogens is 6. The number of aliphatic carboxylic acids is 3. The Morgan fingerprint density at radius 2 is 0.607 bits per heavy atom. The van der Waals surface area contributed by atoms with Gasteiger partial charge in [-0.2, -0.15) is 29.9 Å². The van der Waals surface area contributed by atoms with Crippen molar-refractivity contribution in [3.8, 4) is 0 Å². The van der Waals surface area contributed by atoms with Gasteiger partial charge in [-0.1, -0.05) is 57.8 Å². The molecule has 6 aliphatic carbocycles. The van der Waals surface area contributed by atoms with E-state index in [1.54, 1.807) is 0 Å². The van der Waals surface area contributed by atoms with Gasteiger partial charge in [0.1, 0.15) is 34.9 Å². The van der Waals surface area contributed by atoms with Gasteiger partial charge in [-0.15, -0.1) is 0 Å². The highest BCUT2D eigenvalue weighted by Crippen LogP contribution is 2.32. The number of hydrogen-bond acceptors (Lipinski definition) is 27. The predicted octanol–water partition coefficient (Wildman–Crippen LogP) is 7.83. The summed E-state index contributed by atoms with van der Waals surface area (Å²) in [6, 6.07) is 8.83. The first-order valence-electron chi connectivity index (χ1n) is 44.2. The number of piperazine rings is 3. The van der Waals surface area contributed by atoms with Gasteiger partial charge in [0.05, 0.1) is 19.3 Å². The minimum Gasteiger partial charge on any atom is -0.481 e. The summed E-state index contributed by atoms with van der Waals surface area (Å²) in [6.45, 7) is 22.4. The van der Waals surface area contributed by atoms with Crippen molar-refractivity contribution in [2.45, 2.75) is 242 Å². The van der Waals surface area contributed by atoms with Crippen LogP contribution in [0.2, 0.25) is 0 Å². The minimum atomic E-state index is -0.746. The SMILES string of the molecule is Nc1cc(N2CCN(CCC(=O)O)CC2)nc(NC2CCC(CNCCCNC3CCCCC3)CC2)n1.Nc1cc(N2CCN(CCC(=O)O)CC2)nc(NCC2CCC(CNCCCNC3CCCCC3)CC2)n1.Nc1cc(N2CCN(CCC(=O)O)CC2)nc(NCC2CCC(NCCCNC3CCCCC3)CC2)n1. The maximum Gasteiger partial charge on any atom is 0.304 e. The van der Waals surface area contributed by atoms with Crippen LogP contribution in [0.1, 0.15) is 212 Å². The molecule has 30 nitrogen and oxygen atoms in total.